The van der Waals surface area contributed by atoms with Gasteiger partial charge >= 0.3 is 0 Å². The molecule has 0 unspecified atom stereocenters. The van der Waals surface area contributed by atoms with Gasteiger partial charge in [-0.3, -0.25) is 9.97 Å². The van der Waals surface area contributed by atoms with E-state index in [0.29, 0.717) is 0 Å². The largest absolute Gasteiger partial charge is 0.306 e. The van der Waals surface area contributed by atoms with E-state index in [1.54, 1.807) is 6.20 Å². The molecule has 0 aliphatic rings. The molecule has 1 rings (SSSR count). The lowest BCUT2D eigenvalue weighted by Crippen LogP contribution is -2.35. The molecule has 0 aliphatic carbocycles. The molecule has 13 heavy (non-hydrogen) atoms. The zero-order chi connectivity index (χ0) is 9.90. The lowest BCUT2D eigenvalue weighted by Gasteiger charge is -2.19. The van der Waals surface area contributed by atoms with Crippen molar-refractivity contribution in [2.24, 2.45) is 0 Å². The van der Waals surface area contributed by atoms with Crippen LogP contribution in [0.15, 0.2) is 12.4 Å². The molecule has 3 heteroatoms. The summed E-state index contributed by atoms with van der Waals surface area (Å²) in [6.45, 7) is 9.11. The van der Waals surface area contributed by atoms with E-state index in [1.807, 2.05) is 13.1 Å². The van der Waals surface area contributed by atoms with Crippen molar-refractivity contribution < 1.29 is 0 Å². The maximum Gasteiger partial charge on any atom is 0.0724 e. The standard InChI is InChI=1S/C10H17N3/c1-8-5-12-9(6-11-8)7-13-10(2,3)4/h5-6,13H,7H2,1-4H3. The van der Waals surface area contributed by atoms with Gasteiger partial charge in [-0.05, 0) is 27.7 Å². The lowest BCUT2D eigenvalue weighted by molar-refractivity contribution is 0.421. The van der Waals surface area contributed by atoms with E-state index in [4.69, 9.17) is 0 Å². The van der Waals surface area contributed by atoms with Gasteiger partial charge < -0.3 is 5.32 Å². The molecule has 0 aromatic carbocycles. The van der Waals surface area contributed by atoms with Crippen LogP contribution in [-0.4, -0.2) is 15.5 Å². The molecule has 1 heterocycles. The maximum atomic E-state index is 4.26. The fraction of sp³-hybridized carbons (Fsp3) is 0.600. The number of hydrogen-bond acceptors (Lipinski definition) is 3. The molecule has 1 aromatic rings. The highest BCUT2D eigenvalue weighted by Crippen LogP contribution is 2.01. The van der Waals surface area contributed by atoms with Crippen LogP contribution in [0.1, 0.15) is 32.2 Å². The second-order valence-electron chi connectivity index (χ2n) is 4.25. The SMILES string of the molecule is Cc1cnc(CNC(C)(C)C)cn1. The molecule has 0 amide bonds. The van der Waals surface area contributed by atoms with Gasteiger partial charge in [0.2, 0.25) is 0 Å². The zero-order valence-electron chi connectivity index (χ0n) is 8.76. The van der Waals surface area contributed by atoms with Crippen molar-refractivity contribution in [1.82, 2.24) is 15.3 Å². The molecule has 0 saturated carbocycles. The highest BCUT2D eigenvalue weighted by Gasteiger charge is 2.08. The maximum absolute atomic E-state index is 4.26. The third kappa shape index (κ3) is 3.99. The predicted octanol–water partition coefficient (Wildman–Crippen LogP) is 1.67. The molecule has 0 atom stereocenters. The number of hydrogen-bond donors (Lipinski definition) is 1. The van der Waals surface area contributed by atoms with E-state index in [-0.39, 0.29) is 5.54 Å². The van der Waals surface area contributed by atoms with Crippen LogP contribution in [0.4, 0.5) is 0 Å². The van der Waals surface area contributed by atoms with Gasteiger partial charge in [-0.2, -0.15) is 0 Å². The minimum absolute atomic E-state index is 0.132. The smallest absolute Gasteiger partial charge is 0.0724 e. The first-order valence-corrected chi connectivity index (χ1v) is 4.50. The second-order valence-corrected chi connectivity index (χ2v) is 4.25. The van der Waals surface area contributed by atoms with Gasteiger partial charge in [-0.15, -0.1) is 0 Å². The van der Waals surface area contributed by atoms with Crippen LogP contribution >= 0.6 is 0 Å². The first-order chi connectivity index (χ1) is 5.97. The average molecular weight is 179 g/mol. The normalized spacial score (nSPS) is 11.7. The van der Waals surface area contributed by atoms with Crippen molar-refractivity contribution >= 4 is 0 Å². The van der Waals surface area contributed by atoms with Gasteiger partial charge in [0.15, 0.2) is 0 Å². The summed E-state index contributed by atoms with van der Waals surface area (Å²) in [5.41, 5.74) is 2.08. The Hall–Kier alpha value is -0.960. The Labute approximate surface area is 79.6 Å². The number of rotatable bonds is 2. The van der Waals surface area contributed by atoms with Crippen molar-refractivity contribution in [3.8, 4) is 0 Å². The highest BCUT2D eigenvalue weighted by atomic mass is 15.0. The first kappa shape index (κ1) is 10.1. The fourth-order valence-corrected chi connectivity index (χ4v) is 0.866. The van der Waals surface area contributed by atoms with Gasteiger partial charge in [-0.1, -0.05) is 0 Å². The minimum atomic E-state index is 0.132. The van der Waals surface area contributed by atoms with Crippen LogP contribution in [0.3, 0.4) is 0 Å². The Morgan fingerprint density at radius 3 is 2.38 bits per heavy atom. The Kier molecular flexibility index (Phi) is 2.98. The fourth-order valence-electron chi connectivity index (χ4n) is 0.866. The Morgan fingerprint density at radius 2 is 1.92 bits per heavy atom. The van der Waals surface area contributed by atoms with Crippen LogP contribution in [-0.2, 0) is 6.54 Å². The van der Waals surface area contributed by atoms with Crippen molar-refractivity contribution in [2.45, 2.75) is 39.8 Å². The monoisotopic (exact) mass is 179 g/mol. The van der Waals surface area contributed by atoms with Crippen LogP contribution < -0.4 is 5.32 Å². The number of nitrogens with zero attached hydrogens (tertiary/aromatic N) is 2. The summed E-state index contributed by atoms with van der Waals surface area (Å²) in [4.78, 5) is 8.43. The first-order valence-electron chi connectivity index (χ1n) is 4.50. The summed E-state index contributed by atoms with van der Waals surface area (Å²) in [7, 11) is 0. The molecule has 3 nitrogen and oxygen atoms in total. The Balaban J connectivity index is 2.51. The second kappa shape index (κ2) is 3.83. The van der Waals surface area contributed by atoms with E-state index >= 15 is 0 Å². The van der Waals surface area contributed by atoms with E-state index < -0.39 is 0 Å². The Morgan fingerprint density at radius 1 is 1.23 bits per heavy atom. The molecule has 72 valence electrons. The lowest BCUT2D eigenvalue weighted by atomic mass is 10.1. The summed E-state index contributed by atoms with van der Waals surface area (Å²) in [6, 6.07) is 0. The minimum Gasteiger partial charge on any atom is -0.306 e. The molecule has 0 bridgehead atoms. The van der Waals surface area contributed by atoms with Gasteiger partial charge in [0.25, 0.3) is 0 Å². The molecule has 0 fully saturated rings. The van der Waals surface area contributed by atoms with Crippen molar-refractivity contribution in [1.29, 1.82) is 0 Å². The molecule has 1 aromatic heterocycles. The third-order valence-corrected chi connectivity index (χ3v) is 1.63. The molecule has 0 radical (unpaired) electrons. The van der Waals surface area contributed by atoms with Gasteiger partial charge in [-0.25, -0.2) is 0 Å². The molecular formula is C10H17N3. The summed E-state index contributed by atoms with van der Waals surface area (Å²) in [6.07, 6.45) is 3.60. The number of nitrogens with one attached hydrogen (secondary N) is 1. The van der Waals surface area contributed by atoms with E-state index in [1.165, 1.54) is 0 Å². The summed E-state index contributed by atoms with van der Waals surface area (Å²) >= 11 is 0. The summed E-state index contributed by atoms with van der Waals surface area (Å²) < 4.78 is 0. The highest BCUT2D eigenvalue weighted by molar-refractivity contribution is 5.00. The quantitative estimate of drug-likeness (QED) is 0.750. The third-order valence-electron chi connectivity index (χ3n) is 1.63. The average Bonchev–Trinajstić information content (AvgIpc) is 2.02. The van der Waals surface area contributed by atoms with E-state index in [9.17, 15) is 0 Å². The van der Waals surface area contributed by atoms with Crippen LogP contribution in [0.5, 0.6) is 0 Å². The van der Waals surface area contributed by atoms with Crippen LogP contribution in [0.25, 0.3) is 0 Å². The predicted molar refractivity (Wildman–Crippen MR) is 53.4 cm³/mol. The van der Waals surface area contributed by atoms with Crippen molar-refractivity contribution in [3.05, 3.63) is 23.8 Å². The number of aromatic nitrogens is 2. The molecule has 0 saturated heterocycles. The topological polar surface area (TPSA) is 37.8 Å². The Bertz CT molecular complexity index is 258. The molecule has 0 aliphatic heterocycles. The molecule has 0 spiro atoms. The van der Waals surface area contributed by atoms with Crippen LogP contribution in [0.2, 0.25) is 0 Å². The van der Waals surface area contributed by atoms with Gasteiger partial charge in [0.1, 0.15) is 0 Å². The van der Waals surface area contributed by atoms with Crippen molar-refractivity contribution in [2.75, 3.05) is 0 Å². The summed E-state index contributed by atoms with van der Waals surface area (Å²) in [5.74, 6) is 0. The van der Waals surface area contributed by atoms with E-state index in [0.717, 1.165) is 17.9 Å². The molecular weight excluding hydrogens is 162 g/mol. The summed E-state index contributed by atoms with van der Waals surface area (Å²) in [5, 5.41) is 3.36. The molecule has 1 N–H and O–H groups in total. The van der Waals surface area contributed by atoms with Gasteiger partial charge in [0, 0.05) is 24.5 Å². The van der Waals surface area contributed by atoms with Crippen LogP contribution in [0, 0.1) is 6.92 Å². The van der Waals surface area contributed by atoms with Crippen molar-refractivity contribution in [3.63, 3.8) is 0 Å². The zero-order valence-corrected chi connectivity index (χ0v) is 8.76. The number of aryl methyl sites for hydroxylation is 1. The van der Waals surface area contributed by atoms with Gasteiger partial charge in [0.05, 0.1) is 11.4 Å². The van der Waals surface area contributed by atoms with E-state index in [2.05, 4.69) is 36.1 Å².